The van der Waals surface area contributed by atoms with Crippen LogP contribution >= 0.6 is 0 Å². The molecule has 0 bridgehead atoms. The van der Waals surface area contributed by atoms with E-state index in [4.69, 9.17) is 14.2 Å². The Morgan fingerprint density at radius 2 is 1.61 bits per heavy atom. The molecule has 226 valence electrons. The van der Waals surface area contributed by atoms with Gasteiger partial charge in [0.05, 0.1) is 31.3 Å². The van der Waals surface area contributed by atoms with Gasteiger partial charge in [-0.1, -0.05) is 60.7 Å². The monoisotopic (exact) mass is 588 g/mol. The molecule has 4 aromatic rings. The lowest BCUT2D eigenvalue weighted by molar-refractivity contribution is -0.149. The fraction of sp³-hybridized carbons (Fsp3) is 0.368. The second kappa shape index (κ2) is 11.7. The Hall–Kier alpha value is -4.16. The van der Waals surface area contributed by atoms with Gasteiger partial charge in [-0.2, -0.15) is 0 Å². The molecule has 1 saturated heterocycles. The van der Waals surface area contributed by atoms with Crippen molar-refractivity contribution in [1.29, 1.82) is 0 Å². The largest absolute Gasteiger partial charge is 0.493 e. The molecule has 1 amide bonds. The van der Waals surface area contributed by atoms with Gasteiger partial charge in [0.2, 0.25) is 5.91 Å². The Morgan fingerprint density at radius 3 is 2.36 bits per heavy atom. The van der Waals surface area contributed by atoms with Crippen LogP contribution in [-0.2, 0) is 16.0 Å². The molecule has 1 saturated carbocycles. The Morgan fingerprint density at radius 1 is 0.886 bits per heavy atom. The quantitative estimate of drug-likeness (QED) is 0.212. The Kier molecular flexibility index (Phi) is 7.63. The number of hydrogen-bond acceptors (Lipinski definition) is 5. The van der Waals surface area contributed by atoms with E-state index in [0.717, 1.165) is 41.7 Å². The van der Waals surface area contributed by atoms with Crippen LogP contribution in [0.3, 0.4) is 0 Å². The molecule has 0 radical (unpaired) electrons. The van der Waals surface area contributed by atoms with Crippen molar-refractivity contribution in [3.8, 4) is 11.5 Å². The third-order valence-corrected chi connectivity index (χ3v) is 9.65. The minimum atomic E-state index is -0.775. The van der Waals surface area contributed by atoms with E-state index >= 15 is 4.79 Å². The number of fused-ring (bicyclic) bond motifs is 3. The molecule has 7 rings (SSSR count). The van der Waals surface area contributed by atoms with Crippen molar-refractivity contribution < 1.29 is 19.0 Å². The summed E-state index contributed by atoms with van der Waals surface area (Å²) in [6, 6.07) is 28.7. The van der Waals surface area contributed by atoms with Crippen LogP contribution in [0, 0.1) is 0 Å². The zero-order chi connectivity index (χ0) is 30.3. The van der Waals surface area contributed by atoms with Crippen LogP contribution in [0.15, 0.2) is 97.3 Å². The molecule has 3 aliphatic rings. The van der Waals surface area contributed by atoms with Gasteiger partial charge in [-0.3, -0.25) is 9.78 Å². The molecular weight excluding hydrogens is 548 g/mol. The van der Waals surface area contributed by atoms with E-state index in [9.17, 15) is 0 Å². The molecule has 0 N–H and O–H groups in total. The molecule has 1 unspecified atom stereocenters. The first-order chi connectivity index (χ1) is 21.4. The van der Waals surface area contributed by atoms with Gasteiger partial charge in [0.1, 0.15) is 5.72 Å². The lowest BCUT2D eigenvalue weighted by Gasteiger charge is -2.39. The van der Waals surface area contributed by atoms with Crippen LogP contribution in [0.4, 0.5) is 0 Å². The second-order valence-electron chi connectivity index (χ2n) is 12.7. The predicted octanol–water partition coefficient (Wildman–Crippen LogP) is 7.59. The number of benzene rings is 3. The summed E-state index contributed by atoms with van der Waals surface area (Å²) in [5.74, 6) is 0.636. The zero-order valence-corrected chi connectivity index (χ0v) is 25.7. The molecule has 0 spiro atoms. The summed E-state index contributed by atoms with van der Waals surface area (Å²) in [6.07, 6.45) is 8.90. The van der Waals surface area contributed by atoms with Crippen molar-refractivity contribution in [3.05, 3.63) is 125 Å². The number of carbonyl (C=O) groups is 1. The minimum Gasteiger partial charge on any atom is -0.493 e. The Labute approximate surface area is 260 Å². The third-order valence-electron chi connectivity index (χ3n) is 9.65. The van der Waals surface area contributed by atoms with Crippen molar-refractivity contribution in [2.45, 2.75) is 81.8 Å². The number of pyridine rings is 1. The van der Waals surface area contributed by atoms with Crippen LogP contribution in [0.1, 0.15) is 85.2 Å². The number of amides is 1. The van der Waals surface area contributed by atoms with Crippen LogP contribution in [0.5, 0.6) is 11.5 Å². The fourth-order valence-electron chi connectivity index (χ4n) is 7.71. The van der Waals surface area contributed by atoms with Gasteiger partial charge in [-0.05, 0) is 91.6 Å². The Bertz CT molecular complexity index is 1620. The van der Waals surface area contributed by atoms with E-state index in [1.807, 2.05) is 55.1 Å². The first-order valence-corrected chi connectivity index (χ1v) is 15.8. The van der Waals surface area contributed by atoms with Crippen molar-refractivity contribution in [1.82, 2.24) is 9.88 Å². The molecule has 6 heteroatoms. The molecule has 1 aromatic heterocycles. The fourth-order valence-corrected chi connectivity index (χ4v) is 7.71. The standard InChI is InChI=1S/C38H40N2O4/c1-38(2)40(36-30-16-10-7-13-27(30)23-33(36)44-38)37(41)35(26-19-21-39-22-20-26)34(25-11-5-4-6-12-25)28-17-18-31(42-3)32(24-28)43-29-14-8-9-15-29/h4-7,10-13,16-22,24,29,33-36H,8-9,14-15,23H2,1-3H3/t33-,34-,35?,36+/m1/s1. The molecule has 3 aromatic carbocycles. The molecule has 6 nitrogen and oxygen atoms in total. The summed E-state index contributed by atoms with van der Waals surface area (Å²) in [5.41, 5.74) is 4.63. The van der Waals surface area contributed by atoms with Crippen LogP contribution in [0.25, 0.3) is 0 Å². The highest BCUT2D eigenvalue weighted by molar-refractivity contribution is 5.87. The lowest BCUT2D eigenvalue weighted by atomic mass is 9.76. The second-order valence-corrected chi connectivity index (χ2v) is 12.7. The number of rotatable bonds is 8. The molecule has 4 atom stereocenters. The smallest absolute Gasteiger partial charge is 0.233 e. The maximum atomic E-state index is 15.4. The lowest BCUT2D eigenvalue weighted by Crippen LogP contribution is -2.48. The number of nitrogens with zero attached hydrogens (tertiary/aromatic N) is 2. The van der Waals surface area contributed by atoms with E-state index < -0.39 is 11.6 Å². The van der Waals surface area contributed by atoms with Crippen LogP contribution < -0.4 is 9.47 Å². The number of carbonyl (C=O) groups excluding carboxylic acids is 1. The van der Waals surface area contributed by atoms with Crippen LogP contribution in [0.2, 0.25) is 0 Å². The number of aromatic nitrogens is 1. The molecule has 44 heavy (non-hydrogen) atoms. The summed E-state index contributed by atoms with van der Waals surface area (Å²) >= 11 is 0. The molecular formula is C38H40N2O4. The normalized spacial score (nSPS) is 21.8. The van der Waals surface area contributed by atoms with Gasteiger partial charge in [0, 0.05) is 24.7 Å². The molecule has 2 fully saturated rings. The van der Waals surface area contributed by atoms with E-state index in [-0.39, 0.29) is 30.1 Å². The first kappa shape index (κ1) is 28.6. The minimum absolute atomic E-state index is 0.0355. The molecule has 1 aliphatic heterocycles. The average molecular weight is 589 g/mol. The van der Waals surface area contributed by atoms with Gasteiger partial charge < -0.3 is 19.1 Å². The highest BCUT2D eigenvalue weighted by atomic mass is 16.5. The SMILES string of the molecule is COc1ccc([C@@H](c2ccccc2)C(C(=O)N2[C@H]3c4ccccc4C[C@H]3OC2(C)C)c2ccncc2)cc1OC1CCCC1. The third kappa shape index (κ3) is 5.15. The topological polar surface area (TPSA) is 60.9 Å². The Balaban J connectivity index is 1.37. The summed E-state index contributed by atoms with van der Waals surface area (Å²) in [5, 5.41) is 0. The van der Waals surface area contributed by atoms with Gasteiger partial charge >= 0.3 is 0 Å². The van der Waals surface area contributed by atoms with E-state index in [0.29, 0.717) is 5.75 Å². The van der Waals surface area contributed by atoms with Crippen molar-refractivity contribution >= 4 is 5.91 Å². The first-order valence-electron chi connectivity index (χ1n) is 15.8. The van der Waals surface area contributed by atoms with Crippen LogP contribution in [-0.4, -0.2) is 40.8 Å². The maximum absolute atomic E-state index is 15.4. The predicted molar refractivity (Wildman–Crippen MR) is 170 cm³/mol. The van der Waals surface area contributed by atoms with Gasteiger partial charge in [-0.25, -0.2) is 0 Å². The van der Waals surface area contributed by atoms with Crippen molar-refractivity contribution in [2.75, 3.05) is 7.11 Å². The molecule has 2 aliphatic carbocycles. The summed E-state index contributed by atoms with van der Waals surface area (Å²) in [4.78, 5) is 21.7. The number of hydrogen-bond donors (Lipinski definition) is 0. The van der Waals surface area contributed by atoms with Gasteiger partial charge in [0.25, 0.3) is 0 Å². The van der Waals surface area contributed by atoms with E-state index in [1.165, 1.54) is 24.0 Å². The highest BCUT2D eigenvalue weighted by Crippen LogP contribution is 2.51. The van der Waals surface area contributed by atoms with Gasteiger partial charge in [0.15, 0.2) is 11.5 Å². The maximum Gasteiger partial charge on any atom is 0.233 e. The number of methoxy groups -OCH3 is 1. The molecule has 2 heterocycles. The summed E-state index contributed by atoms with van der Waals surface area (Å²) in [6.45, 7) is 4.04. The van der Waals surface area contributed by atoms with Gasteiger partial charge in [-0.15, -0.1) is 0 Å². The van der Waals surface area contributed by atoms with E-state index in [1.54, 1.807) is 19.5 Å². The van der Waals surface area contributed by atoms with Crippen molar-refractivity contribution in [2.24, 2.45) is 0 Å². The van der Waals surface area contributed by atoms with E-state index in [2.05, 4.69) is 53.5 Å². The summed E-state index contributed by atoms with van der Waals surface area (Å²) in [7, 11) is 1.68. The number of ether oxygens (including phenoxy) is 3. The van der Waals surface area contributed by atoms with Crippen molar-refractivity contribution in [3.63, 3.8) is 0 Å². The summed E-state index contributed by atoms with van der Waals surface area (Å²) < 4.78 is 18.9. The highest BCUT2D eigenvalue weighted by Gasteiger charge is 2.55. The average Bonchev–Trinajstić information content (AvgIpc) is 3.74. The zero-order valence-electron chi connectivity index (χ0n) is 25.7.